The van der Waals surface area contributed by atoms with E-state index >= 15 is 0 Å². The van der Waals surface area contributed by atoms with Crippen LogP contribution in [0.2, 0.25) is 0 Å². The van der Waals surface area contributed by atoms with Gasteiger partial charge in [-0.2, -0.15) is 0 Å². The molecule has 0 aromatic carbocycles. The standard InChI is InChI=1S/C14H26N2O/c1-4-16(5-2)13(17)11(3)15-10-14(8-9-14)12-6-7-12/h11-12,15H,4-10H2,1-3H3. The van der Waals surface area contributed by atoms with Crippen LogP contribution in [0.5, 0.6) is 0 Å². The molecule has 0 spiro atoms. The first-order chi connectivity index (χ1) is 8.13. The lowest BCUT2D eigenvalue weighted by atomic mass is 10.0. The Balaban J connectivity index is 1.76. The van der Waals surface area contributed by atoms with Crippen LogP contribution in [0.25, 0.3) is 0 Å². The van der Waals surface area contributed by atoms with Crippen molar-refractivity contribution < 1.29 is 4.79 Å². The van der Waals surface area contributed by atoms with Gasteiger partial charge in [-0.05, 0) is 57.8 Å². The summed E-state index contributed by atoms with van der Waals surface area (Å²) in [5.74, 6) is 1.22. The number of hydrogen-bond acceptors (Lipinski definition) is 2. The maximum atomic E-state index is 12.1. The molecule has 0 radical (unpaired) electrons. The maximum Gasteiger partial charge on any atom is 0.239 e. The molecule has 1 unspecified atom stereocenters. The van der Waals surface area contributed by atoms with E-state index in [1.165, 1.54) is 25.7 Å². The second kappa shape index (κ2) is 4.97. The number of hydrogen-bond donors (Lipinski definition) is 1. The summed E-state index contributed by atoms with van der Waals surface area (Å²) in [6.07, 6.45) is 5.58. The highest BCUT2D eigenvalue weighted by atomic mass is 16.2. The quantitative estimate of drug-likeness (QED) is 0.736. The highest BCUT2D eigenvalue weighted by Gasteiger charge is 2.53. The Morgan fingerprint density at radius 2 is 1.94 bits per heavy atom. The molecule has 0 bridgehead atoms. The summed E-state index contributed by atoms with van der Waals surface area (Å²) >= 11 is 0. The van der Waals surface area contributed by atoms with Gasteiger partial charge in [-0.1, -0.05) is 0 Å². The molecule has 0 aromatic rings. The molecule has 2 rings (SSSR count). The summed E-state index contributed by atoms with van der Waals surface area (Å²) in [6, 6.07) is -0.0221. The Hall–Kier alpha value is -0.570. The van der Waals surface area contributed by atoms with Gasteiger partial charge in [-0.25, -0.2) is 0 Å². The van der Waals surface area contributed by atoms with E-state index in [1.807, 2.05) is 25.7 Å². The van der Waals surface area contributed by atoms with Crippen molar-refractivity contribution in [2.45, 2.75) is 52.5 Å². The van der Waals surface area contributed by atoms with Crippen LogP contribution in [-0.2, 0) is 4.79 Å². The predicted octanol–water partition coefficient (Wildman–Crippen LogP) is 2.02. The van der Waals surface area contributed by atoms with Crippen LogP contribution in [0.3, 0.4) is 0 Å². The topological polar surface area (TPSA) is 32.3 Å². The maximum absolute atomic E-state index is 12.1. The molecule has 0 aromatic heterocycles. The molecule has 98 valence electrons. The summed E-state index contributed by atoms with van der Waals surface area (Å²) < 4.78 is 0. The third kappa shape index (κ3) is 2.82. The number of carbonyl (C=O) groups is 1. The SMILES string of the molecule is CCN(CC)C(=O)C(C)NCC1(C2CC2)CC1. The van der Waals surface area contributed by atoms with Gasteiger partial charge in [0, 0.05) is 19.6 Å². The Morgan fingerprint density at radius 3 is 2.35 bits per heavy atom. The molecule has 0 saturated heterocycles. The second-order valence-electron chi connectivity index (χ2n) is 5.75. The molecule has 3 nitrogen and oxygen atoms in total. The van der Waals surface area contributed by atoms with Gasteiger partial charge in [0.1, 0.15) is 0 Å². The Labute approximate surface area is 105 Å². The Bertz CT molecular complexity index is 278. The largest absolute Gasteiger partial charge is 0.342 e. The normalized spacial score (nSPS) is 23.2. The lowest BCUT2D eigenvalue weighted by Crippen LogP contribution is -2.46. The van der Waals surface area contributed by atoms with E-state index in [4.69, 9.17) is 0 Å². The van der Waals surface area contributed by atoms with Crippen LogP contribution >= 0.6 is 0 Å². The van der Waals surface area contributed by atoms with Crippen LogP contribution in [0.15, 0.2) is 0 Å². The van der Waals surface area contributed by atoms with Crippen LogP contribution in [0.4, 0.5) is 0 Å². The van der Waals surface area contributed by atoms with Crippen molar-refractivity contribution >= 4 is 5.91 Å². The molecule has 3 heteroatoms. The minimum atomic E-state index is -0.0221. The number of likely N-dealkylation sites (N-methyl/N-ethyl adjacent to an activating group) is 1. The zero-order valence-electron chi connectivity index (χ0n) is 11.5. The highest BCUT2D eigenvalue weighted by Crippen LogP contribution is 2.60. The van der Waals surface area contributed by atoms with E-state index in [0.29, 0.717) is 5.41 Å². The molecule has 2 aliphatic rings. The van der Waals surface area contributed by atoms with E-state index in [-0.39, 0.29) is 11.9 Å². The fourth-order valence-electron chi connectivity index (χ4n) is 2.84. The van der Waals surface area contributed by atoms with Crippen LogP contribution in [0, 0.1) is 11.3 Å². The third-order valence-electron chi connectivity index (χ3n) is 4.54. The first-order valence-corrected chi connectivity index (χ1v) is 7.15. The van der Waals surface area contributed by atoms with Gasteiger partial charge in [0.05, 0.1) is 6.04 Å². The third-order valence-corrected chi connectivity index (χ3v) is 4.54. The van der Waals surface area contributed by atoms with Crippen molar-refractivity contribution in [3.63, 3.8) is 0 Å². The molecule has 1 N–H and O–H groups in total. The minimum absolute atomic E-state index is 0.0221. The first-order valence-electron chi connectivity index (χ1n) is 7.15. The molecule has 2 fully saturated rings. The average molecular weight is 238 g/mol. The van der Waals surface area contributed by atoms with E-state index in [2.05, 4.69) is 5.32 Å². The van der Waals surface area contributed by atoms with Crippen LogP contribution < -0.4 is 5.32 Å². The molecule has 0 heterocycles. The van der Waals surface area contributed by atoms with Crippen molar-refractivity contribution in [1.82, 2.24) is 10.2 Å². The molecule has 2 aliphatic carbocycles. The fourth-order valence-corrected chi connectivity index (χ4v) is 2.84. The first kappa shape index (κ1) is 12.9. The molecule has 1 atom stereocenters. The van der Waals surface area contributed by atoms with Gasteiger partial charge in [0.2, 0.25) is 5.91 Å². The van der Waals surface area contributed by atoms with E-state index in [9.17, 15) is 4.79 Å². The summed E-state index contributed by atoms with van der Waals surface area (Å²) in [4.78, 5) is 14.0. The average Bonchev–Trinajstić information content (AvgIpc) is 3.17. The zero-order valence-corrected chi connectivity index (χ0v) is 11.5. The smallest absolute Gasteiger partial charge is 0.239 e. The van der Waals surface area contributed by atoms with Crippen molar-refractivity contribution in [2.24, 2.45) is 11.3 Å². The zero-order chi connectivity index (χ0) is 12.5. The molecule has 1 amide bonds. The van der Waals surface area contributed by atoms with Gasteiger partial charge < -0.3 is 10.2 Å². The predicted molar refractivity (Wildman–Crippen MR) is 69.8 cm³/mol. The molecular weight excluding hydrogens is 212 g/mol. The molecule has 17 heavy (non-hydrogen) atoms. The van der Waals surface area contributed by atoms with Crippen LogP contribution in [-0.4, -0.2) is 36.5 Å². The number of amides is 1. The number of nitrogens with zero attached hydrogens (tertiary/aromatic N) is 1. The number of carbonyl (C=O) groups excluding carboxylic acids is 1. The van der Waals surface area contributed by atoms with E-state index in [0.717, 1.165) is 25.6 Å². The van der Waals surface area contributed by atoms with Gasteiger partial charge in [-0.3, -0.25) is 4.79 Å². The molecule has 0 aliphatic heterocycles. The van der Waals surface area contributed by atoms with Gasteiger partial charge in [0.25, 0.3) is 0 Å². The van der Waals surface area contributed by atoms with Gasteiger partial charge in [0.15, 0.2) is 0 Å². The van der Waals surface area contributed by atoms with Gasteiger partial charge in [-0.15, -0.1) is 0 Å². The summed E-state index contributed by atoms with van der Waals surface area (Å²) in [7, 11) is 0. The molecule has 2 saturated carbocycles. The Morgan fingerprint density at radius 1 is 1.35 bits per heavy atom. The van der Waals surface area contributed by atoms with Crippen molar-refractivity contribution in [3.05, 3.63) is 0 Å². The summed E-state index contributed by atoms with van der Waals surface area (Å²) in [6.45, 7) is 8.76. The molecular formula is C14H26N2O. The summed E-state index contributed by atoms with van der Waals surface area (Å²) in [5, 5.41) is 3.46. The van der Waals surface area contributed by atoms with Gasteiger partial charge >= 0.3 is 0 Å². The van der Waals surface area contributed by atoms with E-state index < -0.39 is 0 Å². The Kier molecular flexibility index (Phi) is 3.76. The lowest BCUT2D eigenvalue weighted by Gasteiger charge is -2.25. The monoisotopic (exact) mass is 238 g/mol. The van der Waals surface area contributed by atoms with Crippen molar-refractivity contribution in [1.29, 1.82) is 0 Å². The van der Waals surface area contributed by atoms with Crippen molar-refractivity contribution in [3.8, 4) is 0 Å². The summed E-state index contributed by atoms with van der Waals surface area (Å²) in [5.41, 5.74) is 0.581. The van der Waals surface area contributed by atoms with Crippen molar-refractivity contribution in [2.75, 3.05) is 19.6 Å². The number of nitrogens with one attached hydrogen (secondary N) is 1. The highest BCUT2D eigenvalue weighted by molar-refractivity contribution is 5.81. The lowest BCUT2D eigenvalue weighted by molar-refractivity contribution is -0.132. The fraction of sp³-hybridized carbons (Fsp3) is 0.929. The number of rotatable bonds is 7. The van der Waals surface area contributed by atoms with E-state index in [1.54, 1.807) is 0 Å². The minimum Gasteiger partial charge on any atom is -0.342 e. The second-order valence-corrected chi connectivity index (χ2v) is 5.75. The van der Waals surface area contributed by atoms with Crippen LogP contribution in [0.1, 0.15) is 46.5 Å².